The van der Waals surface area contributed by atoms with E-state index in [9.17, 15) is 0 Å². The SMILES string of the molecule is Nc1c(-c2c[nH]c3ccccc23)c(-c2ccccc2)nn1-c1ccccc1. The number of nitrogens with two attached hydrogens (primary N) is 1. The Kier molecular flexibility index (Phi) is 3.54. The van der Waals surface area contributed by atoms with Crippen molar-refractivity contribution in [3.8, 4) is 28.1 Å². The van der Waals surface area contributed by atoms with Crippen LogP contribution in [0.25, 0.3) is 39.0 Å². The Labute approximate surface area is 156 Å². The molecule has 3 N–H and O–H groups in total. The zero-order chi connectivity index (χ0) is 18.2. The van der Waals surface area contributed by atoms with E-state index in [0.717, 1.165) is 39.0 Å². The Morgan fingerprint density at radius 3 is 2.22 bits per heavy atom. The fourth-order valence-electron chi connectivity index (χ4n) is 3.54. The average Bonchev–Trinajstić information content (AvgIpc) is 3.30. The molecule has 2 aromatic heterocycles. The van der Waals surface area contributed by atoms with Crippen molar-refractivity contribution in [2.75, 3.05) is 5.73 Å². The number of nitrogen functional groups attached to an aromatic ring is 1. The predicted molar refractivity (Wildman–Crippen MR) is 111 cm³/mol. The highest BCUT2D eigenvalue weighted by atomic mass is 15.3. The quantitative estimate of drug-likeness (QED) is 0.466. The first kappa shape index (κ1) is 15.5. The van der Waals surface area contributed by atoms with Crippen LogP contribution in [0.3, 0.4) is 0 Å². The maximum atomic E-state index is 6.64. The third-order valence-corrected chi connectivity index (χ3v) is 4.83. The molecule has 0 bridgehead atoms. The van der Waals surface area contributed by atoms with E-state index in [1.807, 2.05) is 71.5 Å². The van der Waals surface area contributed by atoms with Crippen molar-refractivity contribution in [3.63, 3.8) is 0 Å². The van der Waals surface area contributed by atoms with Gasteiger partial charge in [-0.15, -0.1) is 0 Å². The Hall–Kier alpha value is -3.79. The van der Waals surface area contributed by atoms with Crippen molar-refractivity contribution in [1.82, 2.24) is 14.8 Å². The number of benzene rings is 3. The van der Waals surface area contributed by atoms with Gasteiger partial charge in [-0.05, 0) is 18.2 Å². The highest BCUT2D eigenvalue weighted by molar-refractivity contribution is 6.02. The lowest BCUT2D eigenvalue weighted by Crippen LogP contribution is -2.01. The van der Waals surface area contributed by atoms with E-state index in [-0.39, 0.29) is 0 Å². The van der Waals surface area contributed by atoms with Crippen molar-refractivity contribution in [2.24, 2.45) is 0 Å². The van der Waals surface area contributed by atoms with Crippen LogP contribution in [0.2, 0.25) is 0 Å². The molecule has 0 fully saturated rings. The van der Waals surface area contributed by atoms with E-state index in [1.165, 1.54) is 0 Å². The van der Waals surface area contributed by atoms with E-state index >= 15 is 0 Å². The van der Waals surface area contributed by atoms with Gasteiger partial charge in [0.2, 0.25) is 0 Å². The standard InChI is InChI=1S/C23H18N4/c24-23-21(19-15-25-20-14-8-7-13-18(19)20)22(16-9-3-1-4-10-16)26-27(23)17-11-5-2-6-12-17/h1-15,25H,24H2. The molecule has 0 atom stereocenters. The monoisotopic (exact) mass is 350 g/mol. The maximum Gasteiger partial charge on any atom is 0.135 e. The molecule has 0 aliphatic rings. The van der Waals surface area contributed by atoms with Crippen LogP contribution in [0.4, 0.5) is 5.82 Å². The molecular weight excluding hydrogens is 332 g/mol. The van der Waals surface area contributed by atoms with E-state index in [1.54, 1.807) is 0 Å². The first-order valence-electron chi connectivity index (χ1n) is 8.89. The molecular formula is C23H18N4. The number of para-hydroxylation sites is 2. The molecule has 0 aliphatic carbocycles. The van der Waals surface area contributed by atoms with Crippen molar-refractivity contribution in [2.45, 2.75) is 0 Å². The van der Waals surface area contributed by atoms with Crippen LogP contribution < -0.4 is 5.73 Å². The Bertz CT molecular complexity index is 1220. The van der Waals surface area contributed by atoms with Gasteiger partial charge in [-0.1, -0.05) is 66.7 Å². The second-order valence-electron chi connectivity index (χ2n) is 6.47. The summed E-state index contributed by atoms with van der Waals surface area (Å²) in [6.07, 6.45) is 2.01. The molecule has 0 unspecified atom stereocenters. The number of rotatable bonds is 3. The number of nitrogens with one attached hydrogen (secondary N) is 1. The van der Waals surface area contributed by atoms with Crippen LogP contribution in [-0.4, -0.2) is 14.8 Å². The summed E-state index contributed by atoms with van der Waals surface area (Å²) in [5.74, 6) is 0.629. The summed E-state index contributed by atoms with van der Waals surface area (Å²) in [5.41, 5.74) is 12.6. The molecule has 0 saturated heterocycles. The zero-order valence-electron chi connectivity index (χ0n) is 14.6. The van der Waals surface area contributed by atoms with Crippen molar-refractivity contribution < 1.29 is 0 Å². The molecule has 5 aromatic rings. The summed E-state index contributed by atoms with van der Waals surface area (Å²) in [6, 6.07) is 28.4. The molecule has 0 radical (unpaired) electrons. The summed E-state index contributed by atoms with van der Waals surface area (Å²) >= 11 is 0. The molecule has 0 saturated carbocycles. The van der Waals surface area contributed by atoms with Crippen LogP contribution in [0, 0.1) is 0 Å². The van der Waals surface area contributed by atoms with Crippen molar-refractivity contribution >= 4 is 16.7 Å². The number of fused-ring (bicyclic) bond motifs is 1. The van der Waals surface area contributed by atoms with E-state index in [2.05, 4.69) is 29.2 Å². The second kappa shape index (κ2) is 6.18. The third kappa shape index (κ3) is 2.50. The summed E-state index contributed by atoms with van der Waals surface area (Å²) < 4.78 is 1.82. The number of aromatic amines is 1. The van der Waals surface area contributed by atoms with Gasteiger partial charge < -0.3 is 10.7 Å². The molecule has 130 valence electrons. The molecule has 0 aliphatic heterocycles. The van der Waals surface area contributed by atoms with Crippen molar-refractivity contribution in [3.05, 3.63) is 91.1 Å². The number of anilines is 1. The molecule has 4 nitrogen and oxygen atoms in total. The molecule has 5 rings (SSSR count). The van der Waals surface area contributed by atoms with Gasteiger partial charge in [0.1, 0.15) is 11.5 Å². The molecule has 3 aromatic carbocycles. The van der Waals surface area contributed by atoms with Crippen LogP contribution in [0.1, 0.15) is 0 Å². The fourth-order valence-corrected chi connectivity index (χ4v) is 3.54. The van der Waals surface area contributed by atoms with E-state index in [4.69, 9.17) is 10.8 Å². The summed E-state index contributed by atoms with van der Waals surface area (Å²) in [6.45, 7) is 0. The Morgan fingerprint density at radius 2 is 1.44 bits per heavy atom. The van der Waals surface area contributed by atoms with E-state index < -0.39 is 0 Å². The minimum absolute atomic E-state index is 0.629. The zero-order valence-corrected chi connectivity index (χ0v) is 14.6. The highest BCUT2D eigenvalue weighted by Crippen LogP contribution is 2.40. The molecule has 0 spiro atoms. The van der Waals surface area contributed by atoms with E-state index in [0.29, 0.717) is 5.82 Å². The summed E-state index contributed by atoms with van der Waals surface area (Å²) in [4.78, 5) is 3.35. The van der Waals surface area contributed by atoms with Crippen LogP contribution in [-0.2, 0) is 0 Å². The van der Waals surface area contributed by atoms with Gasteiger partial charge in [0.15, 0.2) is 0 Å². The topological polar surface area (TPSA) is 59.6 Å². The van der Waals surface area contributed by atoms with Gasteiger partial charge >= 0.3 is 0 Å². The number of H-pyrrole nitrogens is 1. The number of hydrogen-bond acceptors (Lipinski definition) is 2. The van der Waals surface area contributed by atoms with Crippen molar-refractivity contribution in [1.29, 1.82) is 0 Å². The van der Waals surface area contributed by atoms with Crippen LogP contribution in [0.15, 0.2) is 91.1 Å². The average molecular weight is 350 g/mol. The Balaban J connectivity index is 1.83. The predicted octanol–water partition coefficient (Wildman–Crippen LogP) is 5.27. The maximum absolute atomic E-state index is 6.64. The first-order chi connectivity index (χ1) is 13.3. The van der Waals surface area contributed by atoms with Gasteiger partial charge in [-0.3, -0.25) is 0 Å². The minimum Gasteiger partial charge on any atom is -0.383 e. The Morgan fingerprint density at radius 1 is 0.778 bits per heavy atom. The summed E-state index contributed by atoms with van der Waals surface area (Å²) in [7, 11) is 0. The smallest absolute Gasteiger partial charge is 0.135 e. The molecule has 2 heterocycles. The third-order valence-electron chi connectivity index (χ3n) is 4.83. The number of aromatic nitrogens is 3. The fraction of sp³-hybridized carbons (Fsp3) is 0. The highest BCUT2D eigenvalue weighted by Gasteiger charge is 2.21. The molecule has 0 amide bonds. The largest absolute Gasteiger partial charge is 0.383 e. The lowest BCUT2D eigenvalue weighted by atomic mass is 10.0. The second-order valence-corrected chi connectivity index (χ2v) is 6.47. The normalized spacial score (nSPS) is 11.1. The molecule has 27 heavy (non-hydrogen) atoms. The lowest BCUT2D eigenvalue weighted by Gasteiger charge is -2.05. The van der Waals surface area contributed by atoms with Gasteiger partial charge in [-0.25, -0.2) is 4.68 Å². The minimum atomic E-state index is 0.629. The van der Waals surface area contributed by atoms with Gasteiger partial charge in [-0.2, -0.15) is 5.10 Å². The summed E-state index contributed by atoms with van der Waals surface area (Å²) in [5, 5.41) is 6.02. The van der Waals surface area contributed by atoms with Gasteiger partial charge in [0, 0.05) is 28.2 Å². The van der Waals surface area contributed by atoms with Gasteiger partial charge in [0.25, 0.3) is 0 Å². The first-order valence-corrected chi connectivity index (χ1v) is 8.89. The number of nitrogens with zero attached hydrogens (tertiary/aromatic N) is 2. The lowest BCUT2D eigenvalue weighted by molar-refractivity contribution is 0.895. The van der Waals surface area contributed by atoms with Gasteiger partial charge in [0.05, 0.1) is 11.3 Å². The molecule has 4 heteroatoms. The number of hydrogen-bond donors (Lipinski definition) is 2. The van der Waals surface area contributed by atoms with Crippen LogP contribution in [0.5, 0.6) is 0 Å². The van der Waals surface area contributed by atoms with Crippen LogP contribution >= 0.6 is 0 Å².